The van der Waals surface area contributed by atoms with Crippen LogP contribution in [0.5, 0.6) is 0 Å². The zero-order valence-corrected chi connectivity index (χ0v) is 15.7. The van der Waals surface area contributed by atoms with Gasteiger partial charge in [0.2, 0.25) is 0 Å². The van der Waals surface area contributed by atoms with Gasteiger partial charge in [-0.1, -0.05) is 0 Å². The van der Waals surface area contributed by atoms with Crippen LogP contribution in [0.2, 0.25) is 0 Å². The first-order chi connectivity index (χ1) is 13.5. The number of rotatable bonds is 4. The van der Waals surface area contributed by atoms with E-state index >= 15 is 0 Å². The lowest BCUT2D eigenvalue weighted by Crippen LogP contribution is -2.27. The molecular formula is C20H18FN3O3S. The number of carbonyl (C=O) groups is 1. The maximum Gasteiger partial charge on any atom is 0.262 e. The van der Waals surface area contributed by atoms with Crippen molar-refractivity contribution < 1.29 is 17.6 Å². The summed E-state index contributed by atoms with van der Waals surface area (Å²) in [6.45, 7) is 1.50. The van der Waals surface area contributed by atoms with E-state index in [2.05, 4.69) is 9.71 Å². The molecule has 1 N–H and O–H groups in total. The highest BCUT2D eigenvalue weighted by Crippen LogP contribution is 2.26. The Kier molecular flexibility index (Phi) is 4.72. The molecule has 2 aromatic carbocycles. The first-order valence-corrected chi connectivity index (χ1v) is 10.4. The van der Waals surface area contributed by atoms with Crippen molar-refractivity contribution in [2.45, 2.75) is 17.7 Å². The van der Waals surface area contributed by atoms with Crippen LogP contribution in [0.3, 0.4) is 0 Å². The smallest absolute Gasteiger partial charge is 0.262 e. The summed E-state index contributed by atoms with van der Waals surface area (Å²) in [5.41, 5.74) is 0.831. The second-order valence-electron chi connectivity index (χ2n) is 6.63. The monoisotopic (exact) mass is 399 g/mol. The standard InChI is InChI=1S/C20H18FN3O3S/c21-17-9-10-18(16-4-3-11-22-19(16)17)28(26,27)23-15-7-5-14(6-8-15)20(25)24-12-1-2-13-24/h3-11,23H,1-2,12-13H2. The summed E-state index contributed by atoms with van der Waals surface area (Å²) >= 11 is 0. The first-order valence-electron chi connectivity index (χ1n) is 8.91. The molecule has 8 heteroatoms. The van der Waals surface area contributed by atoms with Crippen LogP contribution < -0.4 is 4.72 Å². The number of likely N-dealkylation sites (tertiary alicyclic amines) is 1. The maximum atomic E-state index is 13.9. The highest BCUT2D eigenvalue weighted by atomic mass is 32.2. The molecule has 1 amide bonds. The molecule has 4 rings (SSSR count). The molecule has 0 atom stereocenters. The number of nitrogens with one attached hydrogen (secondary N) is 1. The predicted molar refractivity (Wildman–Crippen MR) is 104 cm³/mol. The summed E-state index contributed by atoms with van der Waals surface area (Å²) in [5, 5.41) is 0.204. The SMILES string of the molecule is O=C(c1ccc(NS(=O)(=O)c2ccc(F)c3ncccc23)cc1)N1CCCC1. The molecular weight excluding hydrogens is 381 g/mol. The van der Waals surface area contributed by atoms with Crippen LogP contribution in [0, 0.1) is 5.82 Å². The quantitative estimate of drug-likeness (QED) is 0.729. The molecule has 0 bridgehead atoms. The fraction of sp³-hybridized carbons (Fsp3) is 0.200. The van der Waals surface area contributed by atoms with Gasteiger partial charge in [0.25, 0.3) is 15.9 Å². The summed E-state index contributed by atoms with van der Waals surface area (Å²) in [6.07, 6.45) is 3.42. The number of amides is 1. The molecule has 1 fully saturated rings. The molecule has 0 saturated carbocycles. The topological polar surface area (TPSA) is 79.4 Å². The third-order valence-electron chi connectivity index (χ3n) is 4.75. The zero-order chi connectivity index (χ0) is 19.7. The third kappa shape index (κ3) is 3.43. The summed E-state index contributed by atoms with van der Waals surface area (Å²) < 4.78 is 42.0. The van der Waals surface area contributed by atoms with Crippen molar-refractivity contribution in [3.8, 4) is 0 Å². The van der Waals surface area contributed by atoms with Crippen molar-refractivity contribution in [2.75, 3.05) is 17.8 Å². The van der Waals surface area contributed by atoms with E-state index in [1.54, 1.807) is 35.2 Å². The number of pyridine rings is 1. The van der Waals surface area contributed by atoms with Gasteiger partial charge >= 0.3 is 0 Å². The highest BCUT2D eigenvalue weighted by Gasteiger charge is 2.21. The van der Waals surface area contributed by atoms with Gasteiger partial charge in [0.05, 0.1) is 4.90 Å². The molecule has 28 heavy (non-hydrogen) atoms. The van der Waals surface area contributed by atoms with Crippen molar-refractivity contribution >= 4 is 32.5 Å². The number of sulfonamides is 1. The Morgan fingerprint density at radius 3 is 2.46 bits per heavy atom. The van der Waals surface area contributed by atoms with E-state index in [4.69, 9.17) is 0 Å². The Hall–Kier alpha value is -3.00. The lowest BCUT2D eigenvalue weighted by molar-refractivity contribution is 0.0793. The van der Waals surface area contributed by atoms with Crippen molar-refractivity contribution in [1.29, 1.82) is 0 Å². The van der Waals surface area contributed by atoms with Gasteiger partial charge in [-0.05, 0) is 61.4 Å². The number of halogens is 1. The minimum Gasteiger partial charge on any atom is -0.339 e. The number of fused-ring (bicyclic) bond motifs is 1. The van der Waals surface area contributed by atoms with E-state index in [9.17, 15) is 17.6 Å². The molecule has 3 aromatic rings. The van der Waals surface area contributed by atoms with Gasteiger partial charge in [-0.15, -0.1) is 0 Å². The van der Waals surface area contributed by atoms with E-state index in [1.807, 2.05) is 0 Å². The van der Waals surface area contributed by atoms with Gasteiger partial charge in [-0.3, -0.25) is 14.5 Å². The summed E-state index contributed by atoms with van der Waals surface area (Å²) in [4.78, 5) is 18.0. The molecule has 1 saturated heterocycles. The van der Waals surface area contributed by atoms with E-state index < -0.39 is 15.8 Å². The Balaban J connectivity index is 1.60. The van der Waals surface area contributed by atoms with Crippen LogP contribution in [0.4, 0.5) is 10.1 Å². The van der Waals surface area contributed by atoms with Gasteiger partial charge in [0.1, 0.15) is 11.3 Å². The molecule has 0 radical (unpaired) electrons. The van der Waals surface area contributed by atoms with Gasteiger partial charge in [-0.2, -0.15) is 0 Å². The molecule has 2 heterocycles. The van der Waals surface area contributed by atoms with Gasteiger partial charge in [0.15, 0.2) is 0 Å². The largest absolute Gasteiger partial charge is 0.339 e. The van der Waals surface area contributed by atoms with E-state index in [0.717, 1.165) is 32.0 Å². The number of carbonyl (C=O) groups excluding carboxylic acids is 1. The Morgan fingerprint density at radius 2 is 1.75 bits per heavy atom. The molecule has 1 aromatic heterocycles. The first kappa shape index (κ1) is 18.4. The Morgan fingerprint density at radius 1 is 1.04 bits per heavy atom. The molecule has 1 aliphatic heterocycles. The van der Waals surface area contributed by atoms with E-state index in [0.29, 0.717) is 11.3 Å². The minimum absolute atomic E-state index is 0.00284. The number of hydrogen-bond donors (Lipinski definition) is 1. The number of aromatic nitrogens is 1. The third-order valence-corrected chi connectivity index (χ3v) is 6.19. The minimum atomic E-state index is -3.96. The van der Waals surface area contributed by atoms with Crippen LogP contribution in [-0.2, 0) is 10.0 Å². The van der Waals surface area contributed by atoms with Crippen LogP contribution in [-0.4, -0.2) is 37.3 Å². The fourth-order valence-electron chi connectivity index (χ4n) is 3.34. The van der Waals surface area contributed by atoms with Crippen LogP contribution in [0.25, 0.3) is 10.9 Å². The number of anilines is 1. The van der Waals surface area contributed by atoms with Gasteiger partial charge in [0, 0.05) is 35.9 Å². The molecule has 6 nitrogen and oxygen atoms in total. The number of hydrogen-bond acceptors (Lipinski definition) is 4. The summed E-state index contributed by atoms with van der Waals surface area (Å²) in [7, 11) is -3.96. The second kappa shape index (κ2) is 7.20. The number of nitrogens with zero attached hydrogens (tertiary/aromatic N) is 2. The average Bonchev–Trinajstić information content (AvgIpc) is 3.23. The Bertz CT molecular complexity index is 1140. The average molecular weight is 399 g/mol. The van der Waals surface area contributed by atoms with Crippen LogP contribution in [0.15, 0.2) is 59.6 Å². The molecule has 0 unspecified atom stereocenters. The lowest BCUT2D eigenvalue weighted by atomic mass is 10.2. The number of benzene rings is 2. The van der Waals surface area contributed by atoms with Crippen molar-refractivity contribution in [3.63, 3.8) is 0 Å². The maximum absolute atomic E-state index is 13.9. The molecule has 1 aliphatic rings. The second-order valence-corrected chi connectivity index (χ2v) is 8.28. The van der Waals surface area contributed by atoms with Gasteiger partial charge < -0.3 is 4.90 Å². The van der Waals surface area contributed by atoms with Gasteiger partial charge in [-0.25, -0.2) is 12.8 Å². The molecule has 0 spiro atoms. The summed E-state index contributed by atoms with van der Waals surface area (Å²) in [5.74, 6) is -0.637. The van der Waals surface area contributed by atoms with Crippen molar-refractivity contribution in [2.24, 2.45) is 0 Å². The normalized spacial score (nSPS) is 14.4. The molecule has 0 aliphatic carbocycles. The van der Waals surface area contributed by atoms with E-state index in [1.165, 1.54) is 18.3 Å². The Labute approximate surface area is 162 Å². The van der Waals surface area contributed by atoms with Crippen LogP contribution in [0.1, 0.15) is 23.2 Å². The van der Waals surface area contributed by atoms with Crippen molar-refractivity contribution in [1.82, 2.24) is 9.88 Å². The summed E-state index contributed by atoms with van der Waals surface area (Å²) in [6, 6.07) is 11.7. The lowest BCUT2D eigenvalue weighted by Gasteiger charge is -2.15. The molecule has 144 valence electrons. The predicted octanol–water partition coefficient (Wildman–Crippen LogP) is 3.41. The zero-order valence-electron chi connectivity index (χ0n) is 14.9. The fourth-order valence-corrected chi connectivity index (χ4v) is 4.60. The highest BCUT2D eigenvalue weighted by molar-refractivity contribution is 7.93. The van der Waals surface area contributed by atoms with Crippen molar-refractivity contribution in [3.05, 3.63) is 66.1 Å². The van der Waals surface area contributed by atoms with E-state index in [-0.39, 0.29) is 21.7 Å². The van der Waals surface area contributed by atoms with Crippen LogP contribution >= 0.6 is 0 Å².